The number of nitrogens with one attached hydrogen (secondary N) is 1. The summed E-state index contributed by atoms with van der Waals surface area (Å²) in [6, 6.07) is 26.7. The maximum atomic E-state index is 14.6. The predicted molar refractivity (Wildman–Crippen MR) is 193 cm³/mol. The molecule has 4 aromatic carbocycles. The summed E-state index contributed by atoms with van der Waals surface area (Å²) in [5.41, 5.74) is 2.53. The highest BCUT2D eigenvalue weighted by molar-refractivity contribution is 7.98. The van der Waals surface area contributed by atoms with Crippen molar-refractivity contribution < 1.29 is 18.0 Å². The van der Waals surface area contributed by atoms with Crippen molar-refractivity contribution in [2.45, 2.75) is 62.0 Å². The Balaban J connectivity index is 1.84. The average molecular weight is 713 g/mol. The minimum absolute atomic E-state index is 0.0414. The molecule has 0 fully saturated rings. The lowest BCUT2D eigenvalue weighted by molar-refractivity contribution is -0.140. The Labute approximate surface area is 292 Å². The van der Waals surface area contributed by atoms with E-state index in [4.69, 9.17) is 23.2 Å². The van der Waals surface area contributed by atoms with Crippen molar-refractivity contribution >= 4 is 62.5 Å². The molecule has 248 valence electrons. The van der Waals surface area contributed by atoms with Crippen molar-refractivity contribution in [2.24, 2.45) is 0 Å². The second-order valence-electron chi connectivity index (χ2n) is 11.3. The van der Waals surface area contributed by atoms with Gasteiger partial charge in [-0.2, -0.15) is 0 Å². The third-order valence-corrected chi connectivity index (χ3v) is 11.2. The highest BCUT2D eigenvalue weighted by Gasteiger charge is 2.35. The summed E-state index contributed by atoms with van der Waals surface area (Å²) in [4.78, 5) is 31.0. The number of carbonyl (C=O) groups is 2. The van der Waals surface area contributed by atoms with Crippen LogP contribution in [0.15, 0.2) is 107 Å². The zero-order valence-electron chi connectivity index (χ0n) is 26.8. The minimum Gasteiger partial charge on any atom is -0.352 e. The summed E-state index contributed by atoms with van der Waals surface area (Å²) in [5, 5.41) is 3.68. The van der Waals surface area contributed by atoms with Gasteiger partial charge in [0.25, 0.3) is 10.0 Å². The number of sulfonamides is 1. The number of thioether (sulfide) groups is 1. The van der Waals surface area contributed by atoms with Crippen molar-refractivity contribution in [1.29, 1.82) is 0 Å². The van der Waals surface area contributed by atoms with E-state index in [9.17, 15) is 18.0 Å². The molecule has 47 heavy (non-hydrogen) atoms. The largest absolute Gasteiger partial charge is 0.352 e. The fraction of sp³-hybridized carbons (Fsp3) is 0.278. The van der Waals surface area contributed by atoms with Crippen LogP contribution in [0.2, 0.25) is 10.0 Å². The van der Waals surface area contributed by atoms with E-state index in [0.29, 0.717) is 27.7 Å². The van der Waals surface area contributed by atoms with Gasteiger partial charge in [0, 0.05) is 39.5 Å². The van der Waals surface area contributed by atoms with Gasteiger partial charge in [0.05, 0.1) is 10.6 Å². The number of anilines is 1. The monoisotopic (exact) mass is 711 g/mol. The van der Waals surface area contributed by atoms with Crippen LogP contribution in [0.25, 0.3) is 0 Å². The molecule has 0 bridgehead atoms. The van der Waals surface area contributed by atoms with Gasteiger partial charge in [-0.1, -0.05) is 84.2 Å². The predicted octanol–water partition coefficient (Wildman–Crippen LogP) is 7.77. The lowest BCUT2D eigenvalue weighted by Gasteiger charge is -2.34. The fourth-order valence-corrected chi connectivity index (χ4v) is 7.30. The number of aryl methyl sites for hydroxylation is 1. The normalized spacial score (nSPS) is 12.6. The molecule has 0 saturated heterocycles. The molecule has 0 unspecified atom stereocenters. The highest BCUT2D eigenvalue weighted by Crippen LogP contribution is 2.30. The smallest absolute Gasteiger partial charge is 0.264 e. The van der Waals surface area contributed by atoms with Crippen molar-refractivity contribution in [3.63, 3.8) is 0 Å². The Morgan fingerprint density at radius 3 is 2.06 bits per heavy atom. The first-order chi connectivity index (χ1) is 22.4. The van der Waals surface area contributed by atoms with Crippen LogP contribution in [-0.2, 0) is 32.6 Å². The molecule has 0 heterocycles. The van der Waals surface area contributed by atoms with Gasteiger partial charge in [0.2, 0.25) is 11.8 Å². The van der Waals surface area contributed by atoms with E-state index in [1.54, 1.807) is 54.6 Å². The molecule has 0 aliphatic carbocycles. The fourth-order valence-electron chi connectivity index (χ4n) is 4.96. The van der Waals surface area contributed by atoms with Gasteiger partial charge in [0.1, 0.15) is 12.6 Å². The van der Waals surface area contributed by atoms with E-state index in [1.807, 2.05) is 57.4 Å². The van der Waals surface area contributed by atoms with Crippen LogP contribution in [0.5, 0.6) is 0 Å². The van der Waals surface area contributed by atoms with E-state index >= 15 is 0 Å². The van der Waals surface area contributed by atoms with Crippen LogP contribution in [0.3, 0.4) is 0 Å². The van der Waals surface area contributed by atoms with Crippen molar-refractivity contribution in [3.8, 4) is 0 Å². The molecule has 0 aliphatic rings. The molecule has 4 aromatic rings. The van der Waals surface area contributed by atoms with Crippen LogP contribution in [0, 0.1) is 6.92 Å². The van der Waals surface area contributed by atoms with Crippen LogP contribution in [-0.4, -0.2) is 50.0 Å². The molecule has 0 radical (unpaired) electrons. The van der Waals surface area contributed by atoms with Crippen LogP contribution < -0.4 is 9.62 Å². The Kier molecular flexibility index (Phi) is 12.8. The van der Waals surface area contributed by atoms with Gasteiger partial charge in [-0.25, -0.2) is 8.42 Å². The molecule has 2 amide bonds. The van der Waals surface area contributed by atoms with Crippen molar-refractivity contribution in [2.75, 3.05) is 17.1 Å². The van der Waals surface area contributed by atoms with E-state index in [1.165, 1.54) is 28.8 Å². The van der Waals surface area contributed by atoms with Crippen LogP contribution in [0.4, 0.5) is 5.69 Å². The van der Waals surface area contributed by atoms with Gasteiger partial charge in [-0.15, -0.1) is 11.8 Å². The summed E-state index contributed by atoms with van der Waals surface area (Å²) in [6.45, 7) is 5.06. The van der Waals surface area contributed by atoms with Crippen LogP contribution in [0.1, 0.15) is 37.0 Å². The number of benzene rings is 4. The Morgan fingerprint density at radius 1 is 0.872 bits per heavy atom. The maximum Gasteiger partial charge on any atom is 0.264 e. The van der Waals surface area contributed by atoms with Gasteiger partial charge in [0.15, 0.2) is 0 Å². The first-order valence-corrected chi connectivity index (χ1v) is 18.7. The van der Waals surface area contributed by atoms with Crippen molar-refractivity contribution in [1.82, 2.24) is 10.2 Å². The Bertz CT molecular complexity index is 1750. The molecule has 0 saturated carbocycles. The molecule has 2 atom stereocenters. The molecular weight excluding hydrogens is 673 g/mol. The summed E-state index contributed by atoms with van der Waals surface area (Å²) in [5.74, 6) is -0.955. The molecule has 0 aromatic heterocycles. The SMILES string of the molecule is CC[C@H](C)NC(=O)[C@@H](Cc1ccccc1)N(Cc1c(Cl)cccc1Cl)C(=O)CN(c1ccc(C)cc1)S(=O)(=O)c1ccc(SC)cc1. The van der Waals surface area contributed by atoms with Gasteiger partial charge >= 0.3 is 0 Å². The van der Waals surface area contributed by atoms with E-state index < -0.39 is 28.5 Å². The quantitative estimate of drug-likeness (QED) is 0.135. The Hall–Kier alpha value is -3.50. The topological polar surface area (TPSA) is 86.8 Å². The van der Waals surface area contributed by atoms with Gasteiger partial charge in [-0.05, 0) is 80.6 Å². The number of amides is 2. The summed E-state index contributed by atoms with van der Waals surface area (Å²) >= 11 is 14.7. The number of nitrogens with zero attached hydrogens (tertiary/aromatic N) is 2. The van der Waals surface area contributed by atoms with Gasteiger partial charge < -0.3 is 10.2 Å². The number of halogens is 2. The van der Waals surface area contributed by atoms with E-state index in [2.05, 4.69) is 5.32 Å². The maximum absolute atomic E-state index is 14.6. The molecule has 7 nitrogen and oxygen atoms in total. The third kappa shape index (κ3) is 9.32. The summed E-state index contributed by atoms with van der Waals surface area (Å²) < 4.78 is 29.6. The first kappa shape index (κ1) is 36.3. The lowest BCUT2D eigenvalue weighted by atomic mass is 10.0. The zero-order valence-corrected chi connectivity index (χ0v) is 30.0. The molecule has 4 rings (SSSR count). The standard InChI is InChI=1S/C36H39Cl2N3O4S2/c1-5-26(3)39-36(43)34(22-27-10-7-6-8-11-27)40(23-31-32(37)12-9-13-33(31)38)35(42)24-41(28-16-14-25(2)15-17-28)47(44,45)30-20-18-29(46-4)19-21-30/h6-21,26,34H,5,22-24H2,1-4H3,(H,39,43)/t26-,34+/m0/s1. The third-order valence-electron chi connectivity index (χ3n) is 7.91. The summed E-state index contributed by atoms with van der Waals surface area (Å²) in [6.07, 6.45) is 2.77. The number of carbonyl (C=O) groups excluding carboxylic acids is 2. The zero-order chi connectivity index (χ0) is 34.1. The molecule has 11 heteroatoms. The molecule has 1 N–H and O–H groups in total. The first-order valence-electron chi connectivity index (χ1n) is 15.2. The number of rotatable bonds is 14. The lowest BCUT2D eigenvalue weighted by Crippen LogP contribution is -2.54. The number of hydrogen-bond acceptors (Lipinski definition) is 5. The molecule has 0 aliphatic heterocycles. The second kappa shape index (κ2) is 16.6. The van der Waals surface area contributed by atoms with Crippen LogP contribution >= 0.6 is 35.0 Å². The summed E-state index contributed by atoms with van der Waals surface area (Å²) in [7, 11) is -4.21. The molecule has 0 spiro atoms. The Morgan fingerprint density at radius 2 is 1.49 bits per heavy atom. The number of hydrogen-bond donors (Lipinski definition) is 1. The average Bonchev–Trinajstić information content (AvgIpc) is 3.07. The van der Waals surface area contributed by atoms with Crippen molar-refractivity contribution in [3.05, 3.63) is 124 Å². The second-order valence-corrected chi connectivity index (χ2v) is 14.8. The van der Waals surface area contributed by atoms with E-state index in [-0.39, 0.29) is 29.8 Å². The molecular formula is C36H39Cl2N3O4S2. The highest BCUT2D eigenvalue weighted by atomic mass is 35.5. The minimum atomic E-state index is -4.21. The van der Waals surface area contributed by atoms with Gasteiger partial charge in [-0.3, -0.25) is 13.9 Å². The van der Waals surface area contributed by atoms with E-state index in [0.717, 1.165) is 20.3 Å².